The number of nitrogens with two attached hydrogens (primary N) is 1. The van der Waals surface area contributed by atoms with Crippen molar-refractivity contribution in [3.63, 3.8) is 0 Å². The highest BCUT2D eigenvalue weighted by molar-refractivity contribution is 5.80. The van der Waals surface area contributed by atoms with Crippen molar-refractivity contribution >= 4 is 11.5 Å². The minimum Gasteiger partial charge on any atom is -0.398 e. The van der Waals surface area contributed by atoms with Gasteiger partial charge in [-0.05, 0) is 41.3 Å². The molecule has 0 aliphatic carbocycles. The van der Waals surface area contributed by atoms with E-state index in [-0.39, 0.29) is 11.7 Å². The van der Waals surface area contributed by atoms with E-state index in [4.69, 9.17) is 5.73 Å². The second-order valence-electron chi connectivity index (χ2n) is 5.41. The highest BCUT2D eigenvalue weighted by Crippen LogP contribution is 2.34. The summed E-state index contributed by atoms with van der Waals surface area (Å²) in [5.74, 6) is 0.734. The predicted molar refractivity (Wildman–Crippen MR) is 82.5 cm³/mol. The van der Waals surface area contributed by atoms with Gasteiger partial charge in [0.15, 0.2) is 0 Å². The zero-order valence-electron chi connectivity index (χ0n) is 12.3. The molecule has 2 aromatic rings. The van der Waals surface area contributed by atoms with Crippen LogP contribution in [0.4, 0.5) is 15.9 Å². The first-order valence-electron chi connectivity index (χ1n) is 6.62. The highest BCUT2D eigenvalue weighted by atomic mass is 19.1. The molecule has 0 unspecified atom stereocenters. The summed E-state index contributed by atoms with van der Waals surface area (Å²) < 4.78 is 13.8. The molecule has 1 aromatic carbocycles. The third-order valence-electron chi connectivity index (χ3n) is 3.31. The zero-order valence-corrected chi connectivity index (χ0v) is 12.3. The van der Waals surface area contributed by atoms with Crippen molar-refractivity contribution in [2.24, 2.45) is 0 Å². The Hall–Kier alpha value is -2.10. The molecule has 2 N–H and O–H groups in total. The number of rotatable bonds is 3. The van der Waals surface area contributed by atoms with Crippen LogP contribution in [0, 0.1) is 5.82 Å². The highest BCUT2D eigenvalue weighted by Gasteiger charge is 2.13. The van der Waals surface area contributed by atoms with Gasteiger partial charge in [-0.25, -0.2) is 9.37 Å². The van der Waals surface area contributed by atoms with E-state index in [9.17, 15) is 4.39 Å². The lowest BCUT2D eigenvalue weighted by molar-refractivity contribution is 0.624. The minimum absolute atomic E-state index is 0.180. The smallest absolute Gasteiger partial charge is 0.128 e. The molecule has 0 saturated heterocycles. The molecule has 0 amide bonds. The van der Waals surface area contributed by atoms with E-state index in [1.54, 1.807) is 6.20 Å². The Labute approximate surface area is 119 Å². The van der Waals surface area contributed by atoms with Gasteiger partial charge in [0, 0.05) is 31.5 Å². The lowest BCUT2D eigenvalue weighted by Crippen LogP contribution is -2.10. The van der Waals surface area contributed by atoms with Gasteiger partial charge in [-0.1, -0.05) is 13.8 Å². The summed E-state index contributed by atoms with van der Waals surface area (Å²) in [6.07, 6.45) is 1.71. The van der Waals surface area contributed by atoms with Crippen molar-refractivity contribution in [1.82, 2.24) is 4.98 Å². The van der Waals surface area contributed by atoms with Crippen molar-refractivity contribution in [1.29, 1.82) is 0 Å². The number of nitrogens with zero attached hydrogens (tertiary/aromatic N) is 2. The van der Waals surface area contributed by atoms with Crippen LogP contribution in [0.2, 0.25) is 0 Å². The van der Waals surface area contributed by atoms with Crippen LogP contribution >= 0.6 is 0 Å². The average molecular weight is 273 g/mol. The summed E-state index contributed by atoms with van der Waals surface area (Å²) in [7, 11) is 3.83. The van der Waals surface area contributed by atoms with E-state index in [1.807, 2.05) is 45.0 Å². The van der Waals surface area contributed by atoms with Gasteiger partial charge < -0.3 is 10.6 Å². The number of halogens is 1. The minimum atomic E-state index is -0.263. The molecule has 0 atom stereocenters. The Morgan fingerprint density at radius 3 is 2.50 bits per heavy atom. The number of pyridine rings is 1. The molecule has 0 aliphatic heterocycles. The number of nitrogen functional groups attached to an aromatic ring is 1. The van der Waals surface area contributed by atoms with E-state index in [0.717, 1.165) is 22.5 Å². The Morgan fingerprint density at radius 1 is 1.20 bits per heavy atom. The lowest BCUT2D eigenvalue weighted by atomic mass is 9.94. The Bertz CT molecular complexity index is 621. The molecule has 0 radical (unpaired) electrons. The fourth-order valence-corrected chi connectivity index (χ4v) is 2.19. The van der Waals surface area contributed by atoms with Gasteiger partial charge in [-0.15, -0.1) is 0 Å². The largest absolute Gasteiger partial charge is 0.398 e. The number of hydrogen-bond donors (Lipinski definition) is 1. The molecule has 0 spiro atoms. The fraction of sp³-hybridized carbons (Fsp3) is 0.312. The maximum Gasteiger partial charge on any atom is 0.128 e. The van der Waals surface area contributed by atoms with Crippen LogP contribution in [0.15, 0.2) is 30.5 Å². The molecule has 106 valence electrons. The summed E-state index contributed by atoms with van der Waals surface area (Å²) in [5, 5.41) is 0. The van der Waals surface area contributed by atoms with E-state index >= 15 is 0 Å². The Kier molecular flexibility index (Phi) is 3.93. The van der Waals surface area contributed by atoms with Gasteiger partial charge in [0.05, 0.1) is 0 Å². The second-order valence-corrected chi connectivity index (χ2v) is 5.41. The zero-order chi connectivity index (χ0) is 14.9. The summed E-state index contributed by atoms with van der Waals surface area (Å²) in [4.78, 5) is 6.17. The topological polar surface area (TPSA) is 42.2 Å². The van der Waals surface area contributed by atoms with Crippen LogP contribution in [-0.2, 0) is 0 Å². The van der Waals surface area contributed by atoms with E-state index in [1.165, 1.54) is 12.1 Å². The first kappa shape index (κ1) is 14.3. The quantitative estimate of drug-likeness (QED) is 0.868. The van der Waals surface area contributed by atoms with Gasteiger partial charge in [-0.2, -0.15) is 0 Å². The normalized spacial score (nSPS) is 10.9. The molecular formula is C16H20FN3. The van der Waals surface area contributed by atoms with Gasteiger partial charge in [-0.3, -0.25) is 0 Å². The molecule has 4 heteroatoms. The van der Waals surface area contributed by atoms with Gasteiger partial charge in [0.2, 0.25) is 0 Å². The Morgan fingerprint density at radius 2 is 1.90 bits per heavy atom. The molecule has 3 nitrogen and oxygen atoms in total. The van der Waals surface area contributed by atoms with Crippen molar-refractivity contribution < 1.29 is 4.39 Å². The van der Waals surface area contributed by atoms with Crippen molar-refractivity contribution in [3.8, 4) is 11.1 Å². The maximum absolute atomic E-state index is 13.8. The van der Waals surface area contributed by atoms with Crippen LogP contribution in [-0.4, -0.2) is 19.1 Å². The fourth-order valence-electron chi connectivity index (χ4n) is 2.19. The first-order chi connectivity index (χ1) is 9.40. The summed E-state index contributed by atoms with van der Waals surface area (Å²) in [6, 6.07) is 6.75. The number of aromatic nitrogens is 1. The third kappa shape index (κ3) is 2.74. The maximum atomic E-state index is 13.8. The van der Waals surface area contributed by atoms with Crippen molar-refractivity contribution in [3.05, 3.63) is 41.8 Å². The summed E-state index contributed by atoms with van der Waals surface area (Å²) >= 11 is 0. The molecular weight excluding hydrogens is 253 g/mol. The van der Waals surface area contributed by atoms with Gasteiger partial charge >= 0.3 is 0 Å². The van der Waals surface area contributed by atoms with E-state index < -0.39 is 0 Å². The molecule has 1 heterocycles. The molecule has 0 saturated carbocycles. The number of anilines is 2. The lowest BCUT2D eigenvalue weighted by Gasteiger charge is -2.16. The summed E-state index contributed by atoms with van der Waals surface area (Å²) in [5.41, 5.74) is 9.28. The van der Waals surface area contributed by atoms with Crippen LogP contribution in [0.1, 0.15) is 25.3 Å². The standard InChI is InChI=1S/C16H20FN3/c1-10(2)13-8-12(17)9-14(16(13)18)11-5-6-19-15(7-11)20(3)4/h5-10H,18H2,1-4H3. The molecule has 0 aliphatic rings. The molecule has 0 fully saturated rings. The monoisotopic (exact) mass is 273 g/mol. The van der Waals surface area contributed by atoms with Gasteiger partial charge in [0.25, 0.3) is 0 Å². The first-order valence-corrected chi connectivity index (χ1v) is 6.62. The van der Waals surface area contributed by atoms with Crippen molar-refractivity contribution in [2.45, 2.75) is 19.8 Å². The average Bonchev–Trinajstić information content (AvgIpc) is 2.40. The van der Waals surface area contributed by atoms with Crippen LogP contribution in [0.3, 0.4) is 0 Å². The predicted octanol–water partition coefficient (Wildman–Crippen LogP) is 3.66. The van der Waals surface area contributed by atoms with Gasteiger partial charge in [0.1, 0.15) is 11.6 Å². The SMILES string of the molecule is CC(C)c1cc(F)cc(-c2ccnc(N(C)C)c2)c1N. The van der Waals surface area contributed by atoms with Crippen LogP contribution < -0.4 is 10.6 Å². The third-order valence-corrected chi connectivity index (χ3v) is 3.31. The second kappa shape index (κ2) is 5.49. The van der Waals surface area contributed by atoms with E-state index in [2.05, 4.69) is 4.98 Å². The number of benzene rings is 1. The molecule has 2 rings (SSSR count). The van der Waals surface area contributed by atoms with Crippen LogP contribution in [0.25, 0.3) is 11.1 Å². The van der Waals surface area contributed by atoms with E-state index in [0.29, 0.717) is 5.69 Å². The molecule has 20 heavy (non-hydrogen) atoms. The van der Waals surface area contributed by atoms with Crippen LogP contribution in [0.5, 0.6) is 0 Å². The number of hydrogen-bond acceptors (Lipinski definition) is 3. The molecule has 0 bridgehead atoms. The van der Waals surface area contributed by atoms with Crippen molar-refractivity contribution in [2.75, 3.05) is 24.7 Å². The Balaban J connectivity index is 2.60. The molecule has 1 aromatic heterocycles. The summed E-state index contributed by atoms with van der Waals surface area (Å²) in [6.45, 7) is 4.01.